The highest BCUT2D eigenvalue weighted by atomic mass is 32.2. The maximum atomic E-state index is 12.1. The third-order valence-corrected chi connectivity index (χ3v) is 3.87. The number of benzene rings is 1. The average Bonchev–Trinajstić information content (AvgIpc) is 2.27. The smallest absolute Gasteiger partial charge is 0.238 e. The fraction of sp³-hybridized carbons (Fsp3) is 0.417. The molecule has 2 N–H and O–H groups in total. The van der Waals surface area contributed by atoms with Crippen molar-refractivity contribution < 1.29 is 13.2 Å². The molecule has 0 unspecified atom stereocenters. The summed E-state index contributed by atoms with van der Waals surface area (Å²) >= 11 is 0. The van der Waals surface area contributed by atoms with Gasteiger partial charge in [0.1, 0.15) is 0 Å². The first-order valence-corrected chi connectivity index (χ1v) is 6.91. The molecule has 1 rings (SSSR count). The van der Waals surface area contributed by atoms with Crippen LogP contribution in [-0.2, 0) is 10.0 Å². The summed E-state index contributed by atoms with van der Waals surface area (Å²) in [7, 11) is -3.70. The van der Waals surface area contributed by atoms with Crippen molar-refractivity contribution in [1.82, 2.24) is 0 Å². The molecule has 0 radical (unpaired) electrons. The topological polar surface area (TPSA) is 77.2 Å². The van der Waals surface area contributed by atoms with Crippen molar-refractivity contribution in [3.05, 3.63) is 29.8 Å². The second-order valence-corrected chi connectivity index (χ2v) is 6.20. The quantitative estimate of drug-likeness (QED) is 0.835. The van der Waals surface area contributed by atoms with E-state index in [-0.39, 0.29) is 10.7 Å². The lowest BCUT2D eigenvalue weighted by molar-refractivity contribution is 0.0833. The molecule has 5 heteroatoms. The van der Waals surface area contributed by atoms with Gasteiger partial charge in [0.05, 0.1) is 4.90 Å². The van der Waals surface area contributed by atoms with Gasteiger partial charge in [-0.15, -0.1) is 0 Å². The third-order valence-electron chi connectivity index (χ3n) is 2.94. The molecule has 0 saturated carbocycles. The Bertz CT molecular complexity index is 515. The minimum Gasteiger partial charge on any atom is -0.294 e. The van der Waals surface area contributed by atoms with Gasteiger partial charge in [0.15, 0.2) is 5.78 Å². The highest BCUT2D eigenvalue weighted by Gasteiger charge is 2.26. The van der Waals surface area contributed by atoms with Gasteiger partial charge in [-0.05, 0) is 18.6 Å². The van der Waals surface area contributed by atoms with E-state index in [0.29, 0.717) is 5.56 Å². The number of hydrogen-bond donors (Lipinski definition) is 1. The van der Waals surface area contributed by atoms with Crippen molar-refractivity contribution in [2.75, 3.05) is 0 Å². The van der Waals surface area contributed by atoms with Crippen molar-refractivity contribution >= 4 is 15.8 Å². The van der Waals surface area contributed by atoms with Crippen LogP contribution < -0.4 is 5.14 Å². The molecule has 1 aromatic carbocycles. The van der Waals surface area contributed by atoms with Crippen LogP contribution in [0.2, 0.25) is 0 Å². The number of ketones is 1. The summed E-state index contributed by atoms with van der Waals surface area (Å²) in [4.78, 5) is 12.1. The largest absolute Gasteiger partial charge is 0.294 e. The van der Waals surface area contributed by atoms with Crippen LogP contribution in [-0.4, -0.2) is 14.2 Å². The van der Waals surface area contributed by atoms with Crippen LogP contribution in [0.4, 0.5) is 0 Å². The second kappa shape index (κ2) is 4.58. The van der Waals surface area contributed by atoms with Crippen LogP contribution in [0.15, 0.2) is 29.2 Å². The van der Waals surface area contributed by atoms with E-state index in [4.69, 9.17) is 5.14 Å². The first kappa shape index (κ1) is 13.9. The zero-order chi connectivity index (χ0) is 13.3. The van der Waals surface area contributed by atoms with Crippen LogP contribution >= 0.6 is 0 Å². The standard InChI is InChI=1S/C12H17NO3S/c1-4-12(2,3)11(14)9-5-7-10(8-6-9)17(13,15)16/h5-8H,4H2,1-3H3,(H2,13,15,16). The predicted molar refractivity (Wildman–Crippen MR) is 66.2 cm³/mol. The van der Waals surface area contributed by atoms with E-state index >= 15 is 0 Å². The molecule has 0 aliphatic heterocycles. The average molecular weight is 255 g/mol. The van der Waals surface area contributed by atoms with E-state index in [9.17, 15) is 13.2 Å². The Morgan fingerprint density at radius 2 is 1.71 bits per heavy atom. The van der Waals surface area contributed by atoms with Crippen molar-refractivity contribution in [2.45, 2.75) is 32.1 Å². The van der Waals surface area contributed by atoms with Crippen LogP contribution in [0.3, 0.4) is 0 Å². The minimum atomic E-state index is -3.70. The van der Waals surface area contributed by atoms with Gasteiger partial charge < -0.3 is 0 Å². The minimum absolute atomic E-state index is 0.000898. The van der Waals surface area contributed by atoms with Gasteiger partial charge >= 0.3 is 0 Å². The monoisotopic (exact) mass is 255 g/mol. The summed E-state index contributed by atoms with van der Waals surface area (Å²) in [5, 5.41) is 4.98. The fourth-order valence-electron chi connectivity index (χ4n) is 1.35. The van der Waals surface area contributed by atoms with Crippen LogP contribution in [0.5, 0.6) is 0 Å². The Kier molecular flexibility index (Phi) is 3.74. The highest BCUT2D eigenvalue weighted by Crippen LogP contribution is 2.25. The van der Waals surface area contributed by atoms with Gasteiger partial charge in [0.2, 0.25) is 10.0 Å². The highest BCUT2D eigenvalue weighted by molar-refractivity contribution is 7.89. The van der Waals surface area contributed by atoms with E-state index in [1.807, 2.05) is 20.8 Å². The molecule has 94 valence electrons. The van der Waals surface area contributed by atoms with E-state index in [2.05, 4.69) is 0 Å². The number of sulfonamides is 1. The lowest BCUT2D eigenvalue weighted by Gasteiger charge is -2.20. The number of carbonyl (C=O) groups is 1. The summed E-state index contributed by atoms with van der Waals surface area (Å²) in [6.07, 6.45) is 0.725. The van der Waals surface area contributed by atoms with E-state index in [0.717, 1.165) is 6.42 Å². The van der Waals surface area contributed by atoms with Crippen molar-refractivity contribution in [3.8, 4) is 0 Å². The zero-order valence-electron chi connectivity index (χ0n) is 10.2. The Morgan fingerprint density at radius 1 is 1.24 bits per heavy atom. The molecular formula is C12H17NO3S. The molecule has 0 aliphatic carbocycles. The summed E-state index contributed by atoms with van der Waals surface area (Å²) in [6.45, 7) is 5.67. The first-order chi connectivity index (χ1) is 7.68. The maximum absolute atomic E-state index is 12.1. The molecule has 1 aromatic rings. The van der Waals surface area contributed by atoms with Crippen LogP contribution in [0, 0.1) is 5.41 Å². The molecule has 0 aromatic heterocycles. The number of hydrogen-bond acceptors (Lipinski definition) is 3. The van der Waals surface area contributed by atoms with Crippen molar-refractivity contribution in [1.29, 1.82) is 0 Å². The number of rotatable bonds is 4. The lowest BCUT2D eigenvalue weighted by Crippen LogP contribution is -2.23. The van der Waals surface area contributed by atoms with Crippen molar-refractivity contribution in [3.63, 3.8) is 0 Å². The van der Waals surface area contributed by atoms with E-state index in [1.165, 1.54) is 24.3 Å². The molecule has 0 heterocycles. The van der Waals surface area contributed by atoms with Gasteiger partial charge in [-0.1, -0.05) is 32.9 Å². The van der Waals surface area contributed by atoms with Gasteiger partial charge in [0, 0.05) is 11.0 Å². The van der Waals surface area contributed by atoms with Gasteiger partial charge in [0.25, 0.3) is 0 Å². The SMILES string of the molecule is CCC(C)(C)C(=O)c1ccc(S(N)(=O)=O)cc1. The Morgan fingerprint density at radius 3 is 2.06 bits per heavy atom. The second-order valence-electron chi connectivity index (χ2n) is 4.64. The Labute approximate surface area is 102 Å². The number of carbonyl (C=O) groups excluding carboxylic acids is 1. The maximum Gasteiger partial charge on any atom is 0.238 e. The normalized spacial score (nSPS) is 12.5. The molecule has 0 fully saturated rings. The Balaban J connectivity index is 3.09. The van der Waals surface area contributed by atoms with Crippen molar-refractivity contribution in [2.24, 2.45) is 10.6 Å². The van der Waals surface area contributed by atoms with Gasteiger partial charge in [-0.2, -0.15) is 0 Å². The third kappa shape index (κ3) is 3.14. The number of nitrogens with two attached hydrogens (primary N) is 1. The molecule has 0 spiro atoms. The predicted octanol–water partition coefficient (Wildman–Crippen LogP) is 1.95. The summed E-state index contributed by atoms with van der Waals surface area (Å²) in [5.41, 5.74) is 0.0626. The molecule has 17 heavy (non-hydrogen) atoms. The molecule has 0 bridgehead atoms. The van der Waals surface area contributed by atoms with Crippen LogP contribution in [0.25, 0.3) is 0 Å². The molecule has 4 nitrogen and oxygen atoms in total. The first-order valence-electron chi connectivity index (χ1n) is 5.36. The molecule has 0 aliphatic rings. The molecule has 0 amide bonds. The molecule has 0 atom stereocenters. The fourth-order valence-corrected chi connectivity index (χ4v) is 1.86. The molecular weight excluding hydrogens is 238 g/mol. The van der Waals surface area contributed by atoms with Crippen LogP contribution in [0.1, 0.15) is 37.6 Å². The summed E-state index contributed by atoms with van der Waals surface area (Å²) in [5.74, 6) is 0.000898. The molecule has 0 saturated heterocycles. The summed E-state index contributed by atoms with van der Waals surface area (Å²) in [6, 6.07) is 5.71. The van der Waals surface area contributed by atoms with E-state index in [1.54, 1.807) is 0 Å². The Hall–Kier alpha value is -1.20. The zero-order valence-corrected chi connectivity index (χ0v) is 11.0. The van der Waals surface area contributed by atoms with Gasteiger partial charge in [-0.25, -0.2) is 13.6 Å². The van der Waals surface area contributed by atoms with E-state index < -0.39 is 15.4 Å². The number of Topliss-reactive ketones (excluding diaryl/α,β-unsaturated/α-hetero) is 1. The lowest BCUT2D eigenvalue weighted by atomic mass is 9.82. The van der Waals surface area contributed by atoms with Gasteiger partial charge in [-0.3, -0.25) is 4.79 Å². The number of primary sulfonamides is 1. The summed E-state index contributed by atoms with van der Waals surface area (Å²) < 4.78 is 22.1.